The van der Waals surface area contributed by atoms with Gasteiger partial charge in [-0.15, -0.1) is 0 Å². The zero-order valence-electron chi connectivity index (χ0n) is 16.9. The summed E-state index contributed by atoms with van der Waals surface area (Å²) in [4.78, 5) is 34.8. The van der Waals surface area contributed by atoms with Gasteiger partial charge in [-0.2, -0.15) is 0 Å². The summed E-state index contributed by atoms with van der Waals surface area (Å²) < 4.78 is 10.9. The van der Waals surface area contributed by atoms with Crippen LogP contribution in [0.2, 0.25) is 0 Å². The first-order valence-corrected chi connectivity index (χ1v) is 15.4. The molecule has 3 aromatic rings. The summed E-state index contributed by atoms with van der Waals surface area (Å²) in [5.74, 6) is 1.12. The molecule has 9 nitrogen and oxygen atoms in total. The number of nitro benzene ring substituents is 2. The molecule has 0 aliphatic heterocycles. The average molecular weight is 572 g/mol. The summed E-state index contributed by atoms with van der Waals surface area (Å²) in [6.07, 6.45) is 0. The second kappa shape index (κ2) is 9.52. The van der Waals surface area contributed by atoms with E-state index in [9.17, 15) is 25.0 Å². The number of halogens is 1. The van der Waals surface area contributed by atoms with Gasteiger partial charge in [-0.3, -0.25) is 0 Å². The second-order valence-electron chi connectivity index (χ2n) is 6.43. The molecule has 0 spiro atoms. The van der Waals surface area contributed by atoms with Gasteiger partial charge in [-0.25, -0.2) is 0 Å². The molecule has 0 aliphatic carbocycles. The Morgan fingerprint density at radius 2 is 1.16 bits per heavy atom. The third-order valence-corrected chi connectivity index (χ3v) is 15.3. The third kappa shape index (κ3) is 4.53. The third-order valence-electron chi connectivity index (χ3n) is 4.58. The van der Waals surface area contributed by atoms with Crippen LogP contribution in [0.4, 0.5) is 11.4 Å². The van der Waals surface area contributed by atoms with Crippen LogP contribution >= 0.6 is 8.96 Å². The average Bonchev–Trinajstić information content (AvgIpc) is 2.82. The van der Waals surface area contributed by atoms with Crippen LogP contribution in [0.3, 0.4) is 0 Å². The zero-order chi connectivity index (χ0) is 23.5. The summed E-state index contributed by atoms with van der Waals surface area (Å²) >= 11 is -4.46. The molecule has 0 N–H and O–H groups in total. The molecule has 32 heavy (non-hydrogen) atoms. The predicted molar refractivity (Wildman–Crippen MR) is 121 cm³/mol. The van der Waals surface area contributed by atoms with E-state index in [1.54, 1.807) is 48.5 Å². The van der Waals surface area contributed by atoms with Crippen molar-refractivity contribution in [2.45, 2.75) is 0 Å². The number of hydrogen-bond donors (Lipinski definition) is 0. The van der Waals surface area contributed by atoms with Crippen LogP contribution in [0.1, 0.15) is 10.4 Å². The van der Waals surface area contributed by atoms with Gasteiger partial charge in [0.15, 0.2) is 0 Å². The normalized spacial score (nSPS) is 11.5. The van der Waals surface area contributed by atoms with E-state index in [2.05, 4.69) is 0 Å². The molecule has 0 amide bonds. The maximum absolute atomic E-state index is 13.8. The number of rotatable bonds is 8. The molecule has 0 unspecified atom stereocenters. The Hall–Kier alpha value is -3.19. The number of ether oxygens (including phenoxy) is 2. The Balaban J connectivity index is 2.23. The molecule has 0 radical (unpaired) electrons. The van der Waals surface area contributed by atoms with Gasteiger partial charge in [0.1, 0.15) is 0 Å². The molecule has 3 aromatic carbocycles. The fourth-order valence-electron chi connectivity index (χ4n) is 2.96. The van der Waals surface area contributed by atoms with Crippen LogP contribution in [0.15, 0.2) is 66.7 Å². The van der Waals surface area contributed by atoms with Crippen LogP contribution in [0, 0.1) is 20.2 Å². The van der Waals surface area contributed by atoms with Crippen LogP contribution in [0.25, 0.3) is 0 Å². The maximum atomic E-state index is 13.8. The zero-order valence-corrected chi connectivity index (χ0v) is 20.0. The van der Waals surface area contributed by atoms with Crippen LogP contribution in [-0.4, -0.2) is 45.0 Å². The number of nitro groups is 2. The Morgan fingerprint density at radius 1 is 0.781 bits per heavy atom. The summed E-state index contributed by atoms with van der Waals surface area (Å²) in [5.41, 5.74) is -1.31. The molecule has 0 fully saturated rings. The first-order chi connectivity index (χ1) is 15.2. The van der Waals surface area contributed by atoms with E-state index in [-0.39, 0.29) is 5.56 Å². The van der Waals surface area contributed by atoms with Crippen molar-refractivity contribution in [3.8, 4) is 11.5 Å². The summed E-state index contributed by atoms with van der Waals surface area (Å²) in [6.45, 7) is 0. The Labute approximate surface area is 190 Å². The first-order valence-electron chi connectivity index (χ1n) is 9.00. The monoisotopic (exact) mass is 574 g/mol. The Morgan fingerprint density at radius 3 is 1.47 bits per heavy atom. The molecule has 0 saturated carbocycles. The van der Waals surface area contributed by atoms with Crippen molar-refractivity contribution in [1.29, 1.82) is 0 Å². The summed E-state index contributed by atoms with van der Waals surface area (Å²) in [6, 6.07) is 16.1. The number of methoxy groups -OCH3 is 2. The Kier molecular flexibility index (Phi) is 6.99. The van der Waals surface area contributed by atoms with E-state index in [1.165, 1.54) is 14.2 Å². The van der Waals surface area contributed by atoms with Crippen LogP contribution in [0.5, 0.6) is 11.5 Å². The summed E-state index contributed by atoms with van der Waals surface area (Å²) in [5, 5.41) is 22.6. The van der Waals surface area contributed by atoms with Crippen molar-refractivity contribution in [3.05, 3.63) is 92.5 Å². The van der Waals surface area contributed by atoms with Crippen molar-refractivity contribution in [1.82, 2.24) is 0 Å². The van der Waals surface area contributed by atoms with Gasteiger partial charge < -0.3 is 0 Å². The van der Waals surface area contributed by atoms with Crippen LogP contribution in [-0.2, 0) is 0 Å². The SMILES string of the molecule is COc1ccc([Te](Cl)(C(=O)c2cc([N+](=O)[O-])cc([N+](=O)[O-])c2)c2ccc(OC)cc2)cc1. The number of benzene rings is 3. The molecule has 0 aliphatic rings. The van der Waals surface area contributed by atoms with E-state index < -0.39 is 42.1 Å². The van der Waals surface area contributed by atoms with Gasteiger partial charge >= 0.3 is 191 Å². The van der Waals surface area contributed by atoms with E-state index in [0.29, 0.717) is 18.7 Å². The van der Waals surface area contributed by atoms with Crippen molar-refractivity contribution >= 4 is 48.5 Å². The van der Waals surface area contributed by atoms with E-state index in [1.807, 2.05) is 0 Å². The van der Waals surface area contributed by atoms with Crippen molar-refractivity contribution < 1.29 is 24.1 Å². The quantitative estimate of drug-likeness (QED) is 0.231. The molecule has 3 rings (SSSR count). The predicted octanol–water partition coefficient (Wildman–Crippen LogP) is 3.24. The number of carbonyl (C=O) groups excluding carboxylic acids is 1. The molecule has 11 heteroatoms. The molecule has 0 aromatic heterocycles. The van der Waals surface area contributed by atoms with Gasteiger partial charge in [-0.1, -0.05) is 0 Å². The van der Waals surface area contributed by atoms with E-state index in [0.717, 1.165) is 18.2 Å². The number of carbonyl (C=O) groups is 1. The molecular formula is C21H17ClN2O7Te. The fraction of sp³-hybridized carbons (Fsp3) is 0.0952. The summed E-state index contributed by atoms with van der Waals surface area (Å²) in [7, 11) is 10.2. The molecule has 0 saturated heterocycles. The van der Waals surface area contributed by atoms with Gasteiger partial charge in [0.25, 0.3) is 0 Å². The topological polar surface area (TPSA) is 122 Å². The standard InChI is InChI=1S/C21H17ClN2O7Te/c1-30-17-3-7-19(8-4-17)32(22,20-9-5-18(31-2)6-10-20)21(25)14-11-15(23(26)27)13-16(12-14)24(28)29/h3-13H,1-2H3. The minimum absolute atomic E-state index is 0.186. The van der Waals surface area contributed by atoms with Gasteiger partial charge in [0, 0.05) is 0 Å². The van der Waals surface area contributed by atoms with Crippen LogP contribution < -0.4 is 16.7 Å². The molecular weight excluding hydrogens is 555 g/mol. The molecule has 0 bridgehead atoms. The Bertz CT molecular complexity index is 1100. The molecule has 166 valence electrons. The minimum atomic E-state index is -4.46. The van der Waals surface area contributed by atoms with Crippen molar-refractivity contribution in [3.63, 3.8) is 0 Å². The number of non-ortho nitro benzene ring substituents is 2. The van der Waals surface area contributed by atoms with Crippen molar-refractivity contribution in [2.24, 2.45) is 0 Å². The van der Waals surface area contributed by atoms with Gasteiger partial charge in [0.2, 0.25) is 0 Å². The fourth-order valence-corrected chi connectivity index (χ4v) is 11.1. The van der Waals surface area contributed by atoms with Gasteiger partial charge in [-0.05, 0) is 0 Å². The van der Waals surface area contributed by atoms with Gasteiger partial charge in [0.05, 0.1) is 0 Å². The second-order valence-corrected chi connectivity index (χ2v) is 16.4. The van der Waals surface area contributed by atoms with E-state index in [4.69, 9.17) is 18.4 Å². The number of nitrogens with zero attached hydrogens (tertiary/aromatic N) is 2. The van der Waals surface area contributed by atoms with E-state index >= 15 is 0 Å². The number of hydrogen-bond acceptors (Lipinski definition) is 7. The van der Waals surface area contributed by atoms with Crippen molar-refractivity contribution in [2.75, 3.05) is 14.2 Å². The molecule has 0 atom stereocenters. The first kappa shape index (κ1) is 23.5. The molecule has 0 heterocycles.